The highest BCUT2D eigenvalue weighted by Gasteiger charge is 2.17. The van der Waals surface area contributed by atoms with Crippen LogP contribution in [0.5, 0.6) is 11.5 Å². The number of fused-ring (bicyclic) bond motifs is 2. The summed E-state index contributed by atoms with van der Waals surface area (Å²) in [5, 5.41) is 3.93. The van der Waals surface area contributed by atoms with Gasteiger partial charge in [0.2, 0.25) is 6.79 Å². The molecule has 1 amide bonds. The van der Waals surface area contributed by atoms with Gasteiger partial charge >= 0.3 is 5.97 Å². The Bertz CT molecular complexity index is 1120. The SMILES string of the molecule is Cc1c(Cl)c(COC(=O)CNC(=O)c2ccc3c(c2)OCO3)nc2ccccc12. The summed E-state index contributed by atoms with van der Waals surface area (Å²) < 4.78 is 15.7. The van der Waals surface area contributed by atoms with Gasteiger partial charge in [-0.25, -0.2) is 4.98 Å². The average molecular weight is 413 g/mol. The van der Waals surface area contributed by atoms with Crippen LogP contribution in [-0.2, 0) is 16.1 Å². The molecule has 0 radical (unpaired) electrons. The smallest absolute Gasteiger partial charge is 0.325 e. The van der Waals surface area contributed by atoms with Crippen molar-refractivity contribution in [2.24, 2.45) is 0 Å². The molecule has 1 aromatic heterocycles. The Morgan fingerprint density at radius 2 is 1.97 bits per heavy atom. The van der Waals surface area contributed by atoms with Crippen LogP contribution in [0.15, 0.2) is 42.5 Å². The number of ether oxygens (including phenoxy) is 3. The lowest BCUT2D eigenvalue weighted by molar-refractivity contribution is -0.143. The van der Waals surface area contributed by atoms with E-state index in [4.69, 9.17) is 25.8 Å². The number of benzene rings is 2. The minimum atomic E-state index is -0.595. The lowest BCUT2D eigenvalue weighted by Gasteiger charge is -2.11. The van der Waals surface area contributed by atoms with Gasteiger partial charge in [-0.2, -0.15) is 0 Å². The lowest BCUT2D eigenvalue weighted by Crippen LogP contribution is -2.30. The van der Waals surface area contributed by atoms with Gasteiger partial charge in [0.15, 0.2) is 11.5 Å². The summed E-state index contributed by atoms with van der Waals surface area (Å²) in [6.07, 6.45) is 0. The Morgan fingerprint density at radius 1 is 1.17 bits per heavy atom. The third-order valence-corrected chi connectivity index (χ3v) is 5.05. The summed E-state index contributed by atoms with van der Waals surface area (Å²) in [6, 6.07) is 12.4. The second-order valence-electron chi connectivity index (χ2n) is 6.43. The van der Waals surface area contributed by atoms with E-state index in [0.717, 1.165) is 16.5 Å². The van der Waals surface area contributed by atoms with Crippen molar-refractivity contribution in [1.82, 2.24) is 10.3 Å². The predicted octanol–water partition coefficient (Wildman–Crippen LogP) is 3.40. The van der Waals surface area contributed by atoms with Crippen molar-refractivity contribution in [3.63, 3.8) is 0 Å². The molecule has 8 heteroatoms. The first kappa shape index (κ1) is 19.0. The Balaban J connectivity index is 1.35. The van der Waals surface area contributed by atoms with Crippen molar-refractivity contribution >= 4 is 34.4 Å². The molecule has 148 valence electrons. The molecule has 0 bridgehead atoms. The molecule has 0 atom stereocenters. The molecule has 0 saturated carbocycles. The maximum absolute atomic E-state index is 12.2. The number of carbonyl (C=O) groups is 2. The Kier molecular flexibility index (Phi) is 5.22. The number of amides is 1. The first-order valence-electron chi connectivity index (χ1n) is 8.90. The molecular weight excluding hydrogens is 396 g/mol. The molecule has 29 heavy (non-hydrogen) atoms. The van der Waals surface area contributed by atoms with Crippen molar-refractivity contribution < 1.29 is 23.8 Å². The number of nitrogens with zero attached hydrogens (tertiary/aromatic N) is 1. The van der Waals surface area contributed by atoms with E-state index in [2.05, 4.69) is 10.3 Å². The van der Waals surface area contributed by atoms with Crippen LogP contribution < -0.4 is 14.8 Å². The van der Waals surface area contributed by atoms with Crippen molar-refractivity contribution in [1.29, 1.82) is 0 Å². The molecule has 0 aliphatic carbocycles. The van der Waals surface area contributed by atoms with Crippen LogP contribution in [0, 0.1) is 6.92 Å². The van der Waals surface area contributed by atoms with E-state index in [-0.39, 0.29) is 19.9 Å². The van der Waals surface area contributed by atoms with Gasteiger partial charge in [-0.3, -0.25) is 9.59 Å². The molecule has 0 saturated heterocycles. The van der Waals surface area contributed by atoms with Gasteiger partial charge in [0.05, 0.1) is 16.2 Å². The standard InChI is InChI=1S/C21H17ClN2O5/c1-12-14-4-2-3-5-15(14)24-16(20(12)22)10-27-19(25)9-23-21(26)13-6-7-17-18(8-13)29-11-28-17/h2-8H,9-11H2,1H3,(H,23,26). The van der Waals surface area contributed by atoms with Crippen molar-refractivity contribution in [2.75, 3.05) is 13.3 Å². The second-order valence-corrected chi connectivity index (χ2v) is 6.80. The highest BCUT2D eigenvalue weighted by atomic mass is 35.5. The zero-order valence-corrected chi connectivity index (χ0v) is 16.3. The fourth-order valence-corrected chi connectivity index (χ4v) is 3.20. The molecule has 2 heterocycles. The second kappa shape index (κ2) is 7.97. The van der Waals surface area contributed by atoms with Gasteiger partial charge in [0, 0.05) is 10.9 Å². The van der Waals surface area contributed by atoms with E-state index in [1.54, 1.807) is 18.2 Å². The van der Waals surface area contributed by atoms with Gasteiger partial charge in [-0.05, 0) is 36.8 Å². The zero-order valence-electron chi connectivity index (χ0n) is 15.5. The molecule has 3 aromatic rings. The van der Waals surface area contributed by atoms with Crippen LogP contribution in [0.25, 0.3) is 10.9 Å². The van der Waals surface area contributed by atoms with E-state index in [9.17, 15) is 9.59 Å². The number of halogens is 1. The molecule has 7 nitrogen and oxygen atoms in total. The van der Waals surface area contributed by atoms with Crippen LogP contribution in [-0.4, -0.2) is 30.2 Å². The van der Waals surface area contributed by atoms with Crippen LogP contribution in [0.1, 0.15) is 21.6 Å². The fraction of sp³-hybridized carbons (Fsp3) is 0.190. The van der Waals surface area contributed by atoms with Gasteiger partial charge < -0.3 is 19.5 Å². The number of nitrogens with one attached hydrogen (secondary N) is 1. The van der Waals surface area contributed by atoms with Gasteiger partial charge in [-0.15, -0.1) is 0 Å². The summed E-state index contributed by atoms with van der Waals surface area (Å²) in [6.45, 7) is 1.65. The molecular formula is C21H17ClN2O5. The topological polar surface area (TPSA) is 86.8 Å². The number of aryl methyl sites for hydroxylation is 1. The van der Waals surface area contributed by atoms with Crippen molar-refractivity contribution in [3.8, 4) is 11.5 Å². The van der Waals surface area contributed by atoms with Crippen LogP contribution >= 0.6 is 11.6 Å². The first-order chi connectivity index (χ1) is 14.0. The Hall–Kier alpha value is -3.32. The molecule has 2 aromatic carbocycles. The summed E-state index contributed by atoms with van der Waals surface area (Å²) in [5.41, 5.74) is 2.48. The number of para-hydroxylation sites is 1. The van der Waals surface area contributed by atoms with E-state index in [1.165, 1.54) is 0 Å². The highest BCUT2D eigenvalue weighted by molar-refractivity contribution is 6.32. The number of pyridine rings is 1. The third-order valence-electron chi connectivity index (χ3n) is 4.54. The summed E-state index contributed by atoms with van der Waals surface area (Å²) >= 11 is 6.36. The summed E-state index contributed by atoms with van der Waals surface area (Å²) in [7, 11) is 0. The van der Waals surface area contributed by atoms with E-state index in [1.807, 2.05) is 31.2 Å². The van der Waals surface area contributed by atoms with E-state index < -0.39 is 11.9 Å². The monoisotopic (exact) mass is 412 g/mol. The molecule has 0 unspecified atom stereocenters. The van der Waals surface area contributed by atoms with Crippen molar-refractivity contribution in [3.05, 3.63) is 64.3 Å². The number of aromatic nitrogens is 1. The number of hydrogen-bond donors (Lipinski definition) is 1. The molecule has 0 spiro atoms. The van der Waals surface area contributed by atoms with Crippen molar-refractivity contribution in [2.45, 2.75) is 13.5 Å². The van der Waals surface area contributed by atoms with Crippen LogP contribution in [0.4, 0.5) is 0 Å². The van der Waals surface area contributed by atoms with Gasteiger partial charge in [-0.1, -0.05) is 29.8 Å². The lowest BCUT2D eigenvalue weighted by atomic mass is 10.1. The van der Waals surface area contributed by atoms with Crippen LogP contribution in [0.2, 0.25) is 5.02 Å². The minimum absolute atomic E-state index is 0.0801. The highest BCUT2D eigenvalue weighted by Crippen LogP contribution is 2.32. The van der Waals surface area contributed by atoms with E-state index >= 15 is 0 Å². The molecule has 1 N–H and O–H groups in total. The maximum atomic E-state index is 12.2. The minimum Gasteiger partial charge on any atom is -0.458 e. The third kappa shape index (κ3) is 3.95. The average Bonchev–Trinajstić information content (AvgIpc) is 3.21. The number of esters is 1. The quantitative estimate of drug-likeness (QED) is 0.646. The Labute approximate surface area is 171 Å². The largest absolute Gasteiger partial charge is 0.458 e. The van der Waals surface area contributed by atoms with Gasteiger partial charge in [0.1, 0.15) is 13.2 Å². The molecule has 1 aliphatic rings. The summed E-state index contributed by atoms with van der Waals surface area (Å²) in [4.78, 5) is 28.7. The Morgan fingerprint density at radius 3 is 2.83 bits per heavy atom. The fourth-order valence-electron chi connectivity index (χ4n) is 3.01. The zero-order chi connectivity index (χ0) is 20.4. The van der Waals surface area contributed by atoms with Gasteiger partial charge in [0.25, 0.3) is 5.91 Å². The molecule has 0 fully saturated rings. The van der Waals surface area contributed by atoms with Crippen LogP contribution in [0.3, 0.4) is 0 Å². The number of carbonyl (C=O) groups excluding carboxylic acids is 2. The predicted molar refractivity (Wildman–Crippen MR) is 106 cm³/mol. The molecule has 1 aliphatic heterocycles. The first-order valence-corrected chi connectivity index (χ1v) is 9.28. The summed E-state index contributed by atoms with van der Waals surface area (Å²) in [5.74, 6) is 0.0596. The normalized spacial score (nSPS) is 12.1. The number of rotatable bonds is 5. The van der Waals surface area contributed by atoms with E-state index in [0.29, 0.717) is 27.8 Å². The number of hydrogen-bond acceptors (Lipinski definition) is 6. The maximum Gasteiger partial charge on any atom is 0.325 e. The molecule has 4 rings (SSSR count).